The second-order valence-electron chi connectivity index (χ2n) is 7.35. The number of ether oxygens (including phenoxy) is 1. The standard InChI is InChI=1S/C21H22N4O3S/c1-12(2)11-25-20-16(13(3)24-25)10-17(29-20)21(26)27-14(4)18-22-23-19(28-18)15-8-6-5-7-9-15/h5-10,12,14H,11H2,1-4H3. The molecule has 0 aliphatic heterocycles. The highest BCUT2D eigenvalue weighted by molar-refractivity contribution is 7.20. The average Bonchev–Trinajstić information content (AvgIpc) is 3.40. The average molecular weight is 410 g/mol. The maximum Gasteiger partial charge on any atom is 0.349 e. The molecule has 1 aromatic carbocycles. The Balaban J connectivity index is 1.51. The first kappa shape index (κ1) is 19.3. The molecule has 1 unspecified atom stereocenters. The Labute approximate surface area is 172 Å². The molecule has 0 aliphatic rings. The molecule has 1 atom stereocenters. The van der Waals surface area contributed by atoms with Crippen molar-refractivity contribution in [3.05, 3.63) is 52.9 Å². The van der Waals surface area contributed by atoms with Gasteiger partial charge in [0.1, 0.15) is 9.71 Å². The lowest BCUT2D eigenvalue weighted by atomic mass is 10.2. The minimum Gasteiger partial charge on any atom is -0.448 e. The van der Waals surface area contributed by atoms with Crippen LogP contribution in [0.25, 0.3) is 21.7 Å². The molecule has 0 radical (unpaired) electrons. The quantitative estimate of drug-likeness (QED) is 0.415. The summed E-state index contributed by atoms with van der Waals surface area (Å²) in [6, 6.07) is 11.3. The highest BCUT2D eigenvalue weighted by atomic mass is 32.1. The van der Waals surface area contributed by atoms with Gasteiger partial charge in [-0.05, 0) is 38.0 Å². The van der Waals surface area contributed by atoms with E-state index < -0.39 is 12.1 Å². The first-order valence-electron chi connectivity index (χ1n) is 9.49. The van der Waals surface area contributed by atoms with E-state index in [9.17, 15) is 4.79 Å². The lowest BCUT2D eigenvalue weighted by Gasteiger charge is -2.08. The fraction of sp³-hybridized carbons (Fsp3) is 0.333. The second kappa shape index (κ2) is 7.79. The largest absolute Gasteiger partial charge is 0.448 e. The van der Waals surface area contributed by atoms with E-state index in [0.29, 0.717) is 16.7 Å². The van der Waals surface area contributed by atoms with Crippen LogP contribution in [-0.2, 0) is 11.3 Å². The molecule has 8 heteroatoms. The summed E-state index contributed by atoms with van der Waals surface area (Å²) < 4.78 is 13.2. The molecule has 0 N–H and O–H groups in total. The predicted molar refractivity (Wildman–Crippen MR) is 111 cm³/mol. The Hall–Kier alpha value is -3.00. The van der Waals surface area contributed by atoms with Crippen molar-refractivity contribution in [3.63, 3.8) is 0 Å². The van der Waals surface area contributed by atoms with Crippen LogP contribution in [0.15, 0.2) is 40.8 Å². The molecule has 3 aromatic heterocycles. The Kier molecular flexibility index (Phi) is 5.19. The van der Waals surface area contributed by atoms with E-state index in [-0.39, 0.29) is 5.89 Å². The zero-order chi connectivity index (χ0) is 20.5. The summed E-state index contributed by atoms with van der Waals surface area (Å²) in [4.78, 5) is 14.2. The summed E-state index contributed by atoms with van der Waals surface area (Å²) in [5.41, 5.74) is 1.73. The number of nitrogens with zero attached hydrogens (tertiary/aromatic N) is 4. The third-order valence-electron chi connectivity index (χ3n) is 4.44. The van der Waals surface area contributed by atoms with E-state index in [1.807, 2.05) is 48.0 Å². The summed E-state index contributed by atoms with van der Waals surface area (Å²) in [6.45, 7) is 8.76. The maximum absolute atomic E-state index is 12.7. The van der Waals surface area contributed by atoms with Crippen LogP contribution in [-0.4, -0.2) is 25.9 Å². The van der Waals surface area contributed by atoms with E-state index in [1.54, 1.807) is 6.92 Å². The van der Waals surface area contributed by atoms with E-state index in [4.69, 9.17) is 9.15 Å². The van der Waals surface area contributed by atoms with Gasteiger partial charge in [0.25, 0.3) is 5.89 Å². The molecule has 0 amide bonds. The van der Waals surface area contributed by atoms with Gasteiger partial charge in [0.05, 0.1) is 5.69 Å². The fourth-order valence-corrected chi connectivity index (χ4v) is 4.10. The molecule has 7 nitrogen and oxygen atoms in total. The molecule has 0 saturated carbocycles. The molecule has 150 valence electrons. The number of esters is 1. The zero-order valence-electron chi connectivity index (χ0n) is 16.7. The van der Waals surface area contributed by atoms with Crippen molar-refractivity contribution >= 4 is 27.5 Å². The molecular weight excluding hydrogens is 388 g/mol. The number of carbonyl (C=O) groups excluding carboxylic acids is 1. The Bertz CT molecular complexity index is 1140. The number of hydrogen-bond donors (Lipinski definition) is 0. The number of fused-ring (bicyclic) bond motifs is 1. The topological polar surface area (TPSA) is 83.0 Å². The van der Waals surface area contributed by atoms with Crippen molar-refractivity contribution < 1.29 is 13.9 Å². The van der Waals surface area contributed by atoms with Crippen molar-refractivity contribution in [1.82, 2.24) is 20.0 Å². The van der Waals surface area contributed by atoms with Gasteiger partial charge >= 0.3 is 5.97 Å². The monoisotopic (exact) mass is 410 g/mol. The van der Waals surface area contributed by atoms with Crippen LogP contribution in [0.4, 0.5) is 0 Å². The Morgan fingerprint density at radius 2 is 1.97 bits per heavy atom. The molecular formula is C21H22N4O3S. The van der Waals surface area contributed by atoms with Gasteiger partial charge in [0, 0.05) is 17.5 Å². The number of aromatic nitrogens is 4. The van der Waals surface area contributed by atoms with Crippen LogP contribution in [0.1, 0.15) is 48.1 Å². The lowest BCUT2D eigenvalue weighted by Crippen LogP contribution is -2.08. The highest BCUT2D eigenvalue weighted by Gasteiger charge is 2.23. The number of rotatable bonds is 6. The molecule has 3 heterocycles. The minimum atomic E-state index is -0.647. The summed E-state index contributed by atoms with van der Waals surface area (Å²) >= 11 is 1.39. The first-order valence-corrected chi connectivity index (χ1v) is 10.3. The highest BCUT2D eigenvalue weighted by Crippen LogP contribution is 2.31. The van der Waals surface area contributed by atoms with Gasteiger partial charge in [0.15, 0.2) is 6.10 Å². The number of hydrogen-bond acceptors (Lipinski definition) is 7. The van der Waals surface area contributed by atoms with E-state index in [0.717, 1.165) is 28.0 Å². The van der Waals surface area contributed by atoms with Crippen molar-refractivity contribution in [2.45, 2.75) is 40.3 Å². The van der Waals surface area contributed by atoms with Crippen molar-refractivity contribution in [2.24, 2.45) is 5.92 Å². The van der Waals surface area contributed by atoms with Crippen molar-refractivity contribution in [1.29, 1.82) is 0 Å². The molecule has 0 bridgehead atoms. The van der Waals surface area contributed by atoms with Gasteiger partial charge in [0.2, 0.25) is 5.89 Å². The van der Waals surface area contributed by atoms with Gasteiger partial charge in [-0.2, -0.15) is 5.10 Å². The molecule has 0 fully saturated rings. The molecule has 0 spiro atoms. The number of carbonyl (C=O) groups is 1. The SMILES string of the molecule is Cc1nn(CC(C)C)c2sc(C(=O)OC(C)c3nnc(-c4ccccc4)o3)cc12. The lowest BCUT2D eigenvalue weighted by molar-refractivity contribution is 0.0286. The number of benzene rings is 1. The van der Waals surface area contributed by atoms with Crippen LogP contribution in [0.5, 0.6) is 0 Å². The van der Waals surface area contributed by atoms with Crippen LogP contribution >= 0.6 is 11.3 Å². The van der Waals surface area contributed by atoms with Crippen LogP contribution < -0.4 is 0 Å². The van der Waals surface area contributed by atoms with Gasteiger partial charge in [-0.15, -0.1) is 21.5 Å². The third kappa shape index (κ3) is 3.93. The van der Waals surface area contributed by atoms with Crippen molar-refractivity contribution in [2.75, 3.05) is 0 Å². The molecule has 4 rings (SSSR count). The van der Waals surface area contributed by atoms with Gasteiger partial charge < -0.3 is 9.15 Å². The number of aryl methyl sites for hydroxylation is 1. The Morgan fingerprint density at radius 1 is 1.21 bits per heavy atom. The second-order valence-corrected chi connectivity index (χ2v) is 8.38. The molecule has 0 aliphatic carbocycles. The molecule has 29 heavy (non-hydrogen) atoms. The first-order chi connectivity index (χ1) is 13.9. The summed E-state index contributed by atoms with van der Waals surface area (Å²) in [5, 5.41) is 13.6. The summed E-state index contributed by atoms with van der Waals surface area (Å²) in [7, 11) is 0. The van der Waals surface area contributed by atoms with Gasteiger partial charge in [-0.1, -0.05) is 32.0 Å². The minimum absolute atomic E-state index is 0.264. The van der Waals surface area contributed by atoms with Gasteiger partial charge in [-0.3, -0.25) is 4.68 Å². The third-order valence-corrected chi connectivity index (χ3v) is 5.57. The van der Waals surface area contributed by atoms with Gasteiger partial charge in [-0.25, -0.2) is 4.79 Å². The molecule has 4 aromatic rings. The summed E-state index contributed by atoms with van der Waals surface area (Å²) in [6.07, 6.45) is -0.647. The van der Waals surface area contributed by atoms with E-state index >= 15 is 0 Å². The van der Waals surface area contributed by atoms with Crippen LogP contribution in [0.3, 0.4) is 0 Å². The smallest absolute Gasteiger partial charge is 0.349 e. The van der Waals surface area contributed by atoms with Crippen molar-refractivity contribution in [3.8, 4) is 11.5 Å². The van der Waals surface area contributed by atoms with E-state index in [1.165, 1.54) is 11.3 Å². The van der Waals surface area contributed by atoms with E-state index in [2.05, 4.69) is 29.1 Å². The fourth-order valence-electron chi connectivity index (χ4n) is 3.05. The maximum atomic E-state index is 12.7. The zero-order valence-corrected chi connectivity index (χ0v) is 17.6. The Morgan fingerprint density at radius 3 is 2.69 bits per heavy atom. The molecule has 0 saturated heterocycles. The normalized spacial score (nSPS) is 12.6. The van der Waals surface area contributed by atoms with Crippen LogP contribution in [0.2, 0.25) is 0 Å². The summed E-state index contributed by atoms with van der Waals surface area (Å²) in [5.74, 6) is 0.718. The number of thiophene rings is 1. The predicted octanol–water partition coefficient (Wildman–Crippen LogP) is 5.03. The van der Waals surface area contributed by atoms with Crippen LogP contribution in [0, 0.1) is 12.8 Å².